The van der Waals surface area contributed by atoms with Crippen LogP contribution in [0.3, 0.4) is 0 Å². The lowest BCUT2D eigenvalue weighted by molar-refractivity contribution is -0.132. The Bertz CT molecular complexity index is 624. The molecule has 2 aliphatic carbocycles. The average Bonchev–Trinajstić information content (AvgIpc) is 3.27. The van der Waals surface area contributed by atoms with Crippen molar-refractivity contribution in [1.29, 1.82) is 0 Å². The minimum atomic E-state index is 0.201. The summed E-state index contributed by atoms with van der Waals surface area (Å²) in [4.78, 5) is 17.1. The largest absolute Gasteiger partial charge is 0.361 e. The van der Waals surface area contributed by atoms with Gasteiger partial charge in [0, 0.05) is 38.3 Å². The SMILES string of the molecule is Cc1noc(C)c1CC(=O)N1CCN(C[C@@H]2C[C@H]3C=C[C@H]2C3)CC1. The second-order valence-electron chi connectivity index (χ2n) is 7.70. The number of fused-ring (bicyclic) bond motifs is 2. The van der Waals surface area contributed by atoms with E-state index in [-0.39, 0.29) is 5.91 Å². The van der Waals surface area contributed by atoms with E-state index in [1.54, 1.807) is 0 Å². The molecule has 0 radical (unpaired) electrons. The Morgan fingerprint density at radius 1 is 1.21 bits per heavy atom. The molecular weight excluding hydrogens is 302 g/mol. The number of carbonyl (C=O) groups excluding carboxylic acids is 1. The van der Waals surface area contributed by atoms with Crippen LogP contribution in [0.15, 0.2) is 16.7 Å². The van der Waals surface area contributed by atoms with Gasteiger partial charge in [-0.15, -0.1) is 0 Å². The summed E-state index contributed by atoms with van der Waals surface area (Å²) in [7, 11) is 0. The molecule has 24 heavy (non-hydrogen) atoms. The lowest BCUT2D eigenvalue weighted by Crippen LogP contribution is -2.50. The van der Waals surface area contributed by atoms with Gasteiger partial charge in [0.1, 0.15) is 5.76 Å². The van der Waals surface area contributed by atoms with E-state index in [9.17, 15) is 4.79 Å². The molecule has 130 valence electrons. The number of piperazine rings is 1. The summed E-state index contributed by atoms with van der Waals surface area (Å²) >= 11 is 0. The van der Waals surface area contributed by atoms with Crippen LogP contribution >= 0.6 is 0 Å². The van der Waals surface area contributed by atoms with Crippen molar-refractivity contribution in [3.8, 4) is 0 Å². The lowest BCUT2D eigenvalue weighted by atomic mass is 9.93. The first-order valence-electron chi connectivity index (χ1n) is 9.20. The third-order valence-corrected chi connectivity index (χ3v) is 6.14. The van der Waals surface area contributed by atoms with Crippen LogP contribution in [0.25, 0.3) is 0 Å². The molecule has 5 nitrogen and oxygen atoms in total. The van der Waals surface area contributed by atoms with Crippen molar-refractivity contribution in [1.82, 2.24) is 15.0 Å². The number of carbonyl (C=O) groups is 1. The number of aromatic nitrogens is 1. The molecule has 5 heteroatoms. The monoisotopic (exact) mass is 329 g/mol. The van der Waals surface area contributed by atoms with Gasteiger partial charge in [-0.3, -0.25) is 9.69 Å². The van der Waals surface area contributed by atoms with Gasteiger partial charge in [-0.25, -0.2) is 0 Å². The maximum atomic E-state index is 12.6. The zero-order chi connectivity index (χ0) is 16.7. The van der Waals surface area contributed by atoms with E-state index in [0.29, 0.717) is 6.42 Å². The second kappa shape index (κ2) is 6.36. The highest BCUT2D eigenvalue weighted by molar-refractivity contribution is 5.79. The van der Waals surface area contributed by atoms with Crippen LogP contribution in [0, 0.1) is 31.6 Å². The summed E-state index contributed by atoms with van der Waals surface area (Å²) in [6.45, 7) is 8.69. The van der Waals surface area contributed by atoms with Gasteiger partial charge < -0.3 is 9.42 Å². The molecule has 1 aromatic rings. The first-order valence-corrected chi connectivity index (χ1v) is 9.20. The molecule has 0 spiro atoms. The fourth-order valence-electron chi connectivity index (χ4n) is 4.63. The predicted molar refractivity (Wildman–Crippen MR) is 91.5 cm³/mol. The predicted octanol–water partition coefficient (Wildman–Crippen LogP) is 2.19. The zero-order valence-electron chi connectivity index (χ0n) is 14.7. The quantitative estimate of drug-likeness (QED) is 0.795. The highest BCUT2D eigenvalue weighted by Gasteiger charge is 2.36. The minimum absolute atomic E-state index is 0.201. The molecule has 0 aromatic carbocycles. The van der Waals surface area contributed by atoms with Crippen LogP contribution in [0.4, 0.5) is 0 Å². The Balaban J connectivity index is 1.27. The lowest BCUT2D eigenvalue weighted by Gasteiger charge is -2.37. The second-order valence-corrected chi connectivity index (χ2v) is 7.70. The topological polar surface area (TPSA) is 49.6 Å². The van der Waals surface area contributed by atoms with Crippen molar-refractivity contribution in [2.24, 2.45) is 17.8 Å². The van der Waals surface area contributed by atoms with Crippen LogP contribution in [0.2, 0.25) is 0 Å². The minimum Gasteiger partial charge on any atom is -0.361 e. The van der Waals surface area contributed by atoms with E-state index in [2.05, 4.69) is 22.2 Å². The molecule has 0 N–H and O–H groups in total. The van der Waals surface area contributed by atoms with E-state index in [1.807, 2.05) is 18.7 Å². The van der Waals surface area contributed by atoms with Crippen LogP contribution in [-0.4, -0.2) is 53.6 Å². The van der Waals surface area contributed by atoms with Crippen molar-refractivity contribution in [2.45, 2.75) is 33.1 Å². The molecule has 1 saturated heterocycles. The van der Waals surface area contributed by atoms with Crippen molar-refractivity contribution in [2.75, 3.05) is 32.7 Å². The molecule has 1 amide bonds. The van der Waals surface area contributed by atoms with Gasteiger partial charge in [0.2, 0.25) is 5.91 Å². The smallest absolute Gasteiger partial charge is 0.227 e. The number of hydrogen-bond donors (Lipinski definition) is 0. The molecule has 4 rings (SSSR count). The van der Waals surface area contributed by atoms with E-state index >= 15 is 0 Å². The fraction of sp³-hybridized carbons (Fsp3) is 0.684. The van der Waals surface area contributed by atoms with Crippen LogP contribution in [-0.2, 0) is 11.2 Å². The standard InChI is InChI=1S/C19H27N3O2/c1-13-18(14(2)24-20-13)11-19(23)22-7-5-21(6-8-22)12-17-10-15-3-4-16(17)9-15/h3-4,15-17H,5-12H2,1-2H3/t15-,16-,17-/m0/s1. The van der Waals surface area contributed by atoms with Gasteiger partial charge in [-0.2, -0.15) is 0 Å². The highest BCUT2D eigenvalue weighted by Crippen LogP contribution is 2.43. The number of amides is 1. The number of nitrogens with zero attached hydrogens (tertiary/aromatic N) is 3. The Morgan fingerprint density at radius 2 is 2.00 bits per heavy atom. The van der Waals surface area contributed by atoms with Crippen molar-refractivity contribution in [3.63, 3.8) is 0 Å². The normalized spacial score (nSPS) is 29.6. The van der Waals surface area contributed by atoms with Gasteiger partial charge in [0.15, 0.2) is 0 Å². The highest BCUT2D eigenvalue weighted by atomic mass is 16.5. The molecule has 0 unspecified atom stereocenters. The zero-order valence-corrected chi connectivity index (χ0v) is 14.7. The molecule has 3 atom stereocenters. The number of allylic oxidation sites excluding steroid dienone is 2. The molecule has 3 aliphatic rings. The summed E-state index contributed by atoms with van der Waals surface area (Å²) in [6, 6.07) is 0. The summed E-state index contributed by atoms with van der Waals surface area (Å²) < 4.78 is 5.16. The van der Waals surface area contributed by atoms with Crippen molar-refractivity contribution >= 4 is 5.91 Å². The maximum Gasteiger partial charge on any atom is 0.227 e. The number of aryl methyl sites for hydroxylation is 2. The van der Waals surface area contributed by atoms with Gasteiger partial charge in [0.25, 0.3) is 0 Å². The third kappa shape index (κ3) is 3.02. The molecule has 2 bridgehead atoms. The van der Waals surface area contributed by atoms with E-state index in [4.69, 9.17) is 4.52 Å². The number of rotatable bonds is 4. The molecule has 1 saturated carbocycles. The van der Waals surface area contributed by atoms with Crippen LogP contribution in [0.5, 0.6) is 0 Å². The molecule has 2 fully saturated rings. The van der Waals surface area contributed by atoms with Gasteiger partial charge in [0.05, 0.1) is 12.1 Å². The van der Waals surface area contributed by atoms with Gasteiger partial charge >= 0.3 is 0 Å². The Morgan fingerprint density at radius 3 is 2.58 bits per heavy atom. The van der Waals surface area contributed by atoms with E-state index < -0.39 is 0 Å². The van der Waals surface area contributed by atoms with Gasteiger partial charge in [-0.1, -0.05) is 17.3 Å². The van der Waals surface area contributed by atoms with E-state index in [1.165, 1.54) is 19.4 Å². The first kappa shape index (κ1) is 15.9. The third-order valence-electron chi connectivity index (χ3n) is 6.14. The maximum absolute atomic E-state index is 12.6. The first-order chi connectivity index (χ1) is 11.6. The summed E-state index contributed by atoms with van der Waals surface area (Å²) in [5.74, 6) is 3.47. The van der Waals surface area contributed by atoms with E-state index in [0.717, 1.165) is 61.0 Å². The molecular formula is C19H27N3O2. The molecule has 2 heterocycles. The summed E-state index contributed by atoms with van der Waals surface area (Å²) in [5.41, 5.74) is 1.79. The summed E-state index contributed by atoms with van der Waals surface area (Å²) in [5, 5.41) is 3.94. The van der Waals surface area contributed by atoms with Crippen molar-refractivity contribution in [3.05, 3.63) is 29.2 Å². The van der Waals surface area contributed by atoms with Crippen LogP contribution < -0.4 is 0 Å². The fourth-order valence-corrected chi connectivity index (χ4v) is 4.63. The Labute approximate surface area is 143 Å². The average molecular weight is 329 g/mol. The van der Waals surface area contributed by atoms with Gasteiger partial charge in [-0.05, 0) is 44.4 Å². The summed E-state index contributed by atoms with van der Waals surface area (Å²) in [6.07, 6.45) is 8.00. The van der Waals surface area contributed by atoms with Crippen molar-refractivity contribution < 1.29 is 9.32 Å². The molecule has 1 aromatic heterocycles. The Kier molecular flexibility index (Phi) is 4.21. The Hall–Kier alpha value is -1.62. The number of hydrogen-bond acceptors (Lipinski definition) is 4. The van der Waals surface area contributed by atoms with Crippen LogP contribution in [0.1, 0.15) is 29.9 Å². The molecule has 1 aliphatic heterocycles.